The van der Waals surface area contributed by atoms with Crippen molar-refractivity contribution >= 4 is 5.96 Å². The molecule has 0 amide bonds. The smallest absolute Gasteiger partial charge is 0.191 e. The van der Waals surface area contributed by atoms with Gasteiger partial charge in [-0.25, -0.2) is 0 Å². The number of aliphatic imine (C=N–C) groups is 1. The molecule has 1 aromatic rings. The number of rotatable bonds is 10. The Hall–Kier alpha value is -1.63. The molecule has 2 rings (SSSR count). The van der Waals surface area contributed by atoms with Crippen LogP contribution in [0.5, 0.6) is 0 Å². The van der Waals surface area contributed by atoms with Gasteiger partial charge in [-0.15, -0.1) is 0 Å². The topological polar surface area (TPSA) is 58.1 Å². The van der Waals surface area contributed by atoms with Crippen molar-refractivity contribution in [3.63, 3.8) is 0 Å². The molecule has 2 unspecified atom stereocenters. The summed E-state index contributed by atoms with van der Waals surface area (Å²) in [6.45, 7) is 5.41. The van der Waals surface area contributed by atoms with Gasteiger partial charge in [-0.05, 0) is 31.9 Å². The fourth-order valence-corrected chi connectivity index (χ4v) is 3.47. The van der Waals surface area contributed by atoms with Gasteiger partial charge in [0.2, 0.25) is 0 Å². The molecule has 0 radical (unpaired) electrons. The molecular formula is C21H36N4O2. The summed E-state index contributed by atoms with van der Waals surface area (Å²) >= 11 is 0. The van der Waals surface area contributed by atoms with Crippen LogP contribution < -0.4 is 10.6 Å². The summed E-state index contributed by atoms with van der Waals surface area (Å²) in [5.74, 6) is 1.31. The SMILES string of the molecule is CN=C(NCCN(C)CCCOC)NCC1CCCOC1c1ccccc1. The van der Waals surface area contributed by atoms with E-state index in [1.54, 1.807) is 7.11 Å². The molecule has 1 aliphatic rings. The van der Waals surface area contributed by atoms with Crippen LogP contribution in [-0.2, 0) is 9.47 Å². The Labute approximate surface area is 164 Å². The summed E-state index contributed by atoms with van der Waals surface area (Å²) in [5, 5.41) is 6.90. The highest BCUT2D eigenvalue weighted by molar-refractivity contribution is 5.79. The van der Waals surface area contributed by atoms with Crippen molar-refractivity contribution in [1.29, 1.82) is 0 Å². The molecule has 0 spiro atoms. The Kier molecular flexibility index (Phi) is 10.2. The molecule has 2 N–H and O–H groups in total. The maximum atomic E-state index is 6.08. The van der Waals surface area contributed by atoms with Gasteiger partial charge in [0.05, 0.1) is 6.10 Å². The van der Waals surface area contributed by atoms with Gasteiger partial charge in [0.15, 0.2) is 5.96 Å². The van der Waals surface area contributed by atoms with E-state index in [2.05, 4.69) is 57.9 Å². The zero-order chi connectivity index (χ0) is 19.3. The first-order valence-electron chi connectivity index (χ1n) is 10.0. The normalized spacial score (nSPS) is 20.7. The van der Waals surface area contributed by atoms with Crippen molar-refractivity contribution < 1.29 is 9.47 Å². The van der Waals surface area contributed by atoms with Crippen LogP contribution in [0.15, 0.2) is 35.3 Å². The first-order chi connectivity index (χ1) is 13.2. The molecule has 0 bridgehead atoms. The summed E-state index contributed by atoms with van der Waals surface area (Å²) in [7, 11) is 5.71. The van der Waals surface area contributed by atoms with Gasteiger partial charge in [-0.2, -0.15) is 0 Å². The van der Waals surface area contributed by atoms with Crippen LogP contribution in [0, 0.1) is 5.92 Å². The fourth-order valence-electron chi connectivity index (χ4n) is 3.47. The Bertz CT molecular complexity index is 538. The molecule has 2 atom stereocenters. The van der Waals surface area contributed by atoms with Gasteiger partial charge in [0.1, 0.15) is 0 Å². The van der Waals surface area contributed by atoms with Crippen LogP contribution in [-0.4, -0.2) is 71.5 Å². The van der Waals surface area contributed by atoms with E-state index in [1.807, 2.05) is 7.05 Å². The van der Waals surface area contributed by atoms with Crippen LogP contribution in [0.4, 0.5) is 0 Å². The molecule has 6 nitrogen and oxygen atoms in total. The van der Waals surface area contributed by atoms with Crippen LogP contribution >= 0.6 is 0 Å². The van der Waals surface area contributed by atoms with E-state index in [4.69, 9.17) is 9.47 Å². The molecule has 1 aliphatic heterocycles. The lowest BCUT2D eigenvalue weighted by molar-refractivity contribution is -0.0265. The van der Waals surface area contributed by atoms with E-state index >= 15 is 0 Å². The van der Waals surface area contributed by atoms with Crippen molar-refractivity contribution in [3.05, 3.63) is 35.9 Å². The van der Waals surface area contributed by atoms with Gasteiger partial charge in [0.25, 0.3) is 0 Å². The number of benzene rings is 1. The third-order valence-corrected chi connectivity index (χ3v) is 5.00. The second kappa shape index (κ2) is 12.7. The van der Waals surface area contributed by atoms with Crippen molar-refractivity contribution in [2.45, 2.75) is 25.4 Å². The lowest BCUT2D eigenvalue weighted by Crippen LogP contribution is -2.44. The molecule has 1 heterocycles. The number of methoxy groups -OCH3 is 1. The van der Waals surface area contributed by atoms with Crippen LogP contribution in [0.2, 0.25) is 0 Å². The third kappa shape index (κ3) is 7.87. The van der Waals surface area contributed by atoms with Crippen molar-refractivity contribution in [3.8, 4) is 0 Å². The predicted molar refractivity (Wildman–Crippen MR) is 111 cm³/mol. The maximum absolute atomic E-state index is 6.08. The van der Waals surface area contributed by atoms with Crippen molar-refractivity contribution in [2.24, 2.45) is 10.9 Å². The Morgan fingerprint density at radius 2 is 2.07 bits per heavy atom. The molecule has 6 heteroatoms. The van der Waals surface area contributed by atoms with Crippen molar-refractivity contribution in [2.75, 3.05) is 60.6 Å². The van der Waals surface area contributed by atoms with Gasteiger partial charge in [0, 0.05) is 59.5 Å². The lowest BCUT2D eigenvalue weighted by Gasteiger charge is -2.32. The summed E-state index contributed by atoms with van der Waals surface area (Å²) in [6.07, 6.45) is 3.51. The third-order valence-electron chi connectivity index (χ3n) is 5.00. The minimum atomic E-state index is 0.164. The molecule has 0 aromatic heterocycles. The number of hydrogen-bond donors (Lipinski definition) is 2. The number of guanidine groups is 1. The Morgan fingerprint density at radius 1 is 1.26 bits per heavy atom. The zero-order valence-electron chi connectivity index (χ0n) is 17.1. The average molecular weight is 377 g/mol. The highest BCUT2D eigenvalue weighted by atomic mass is 16.5. The average Bonchev–Trinajstić information content (AvgIpc) is 2.71. The lowest BCUT2D eigenvalue weighted by atomic mass is 9.89. The highest BCUT2D eigenvalue weighted by Gasteiger charge is 2.27. The second-order valence-electron chi connectivity index (χ2n) is 7.13. The number of ether oxygens (including phenoxy) is 2. The molecular weight excluding hydrogens is 340 g/mol. The molecule has 152 valence electrons. The first kappa shape index (κ1) is 21.7. The highest BCUT2D eigenvalue weighted by Crippen LogP contribution is 2.32. The second-order valence-corrected chi connectivity index (χ2v) is 7.13. The van der Waals surface area contributed by atoms with E-state index in [0.717, 1.165) is 58.2 Å². The zero-order valence-corrected chi connectivity index (χ0v) is 17.1. The Morgan fingerprint density at radius 3 is 2.81 bits per heavy atom. The van der Waals surface area contributed by atoms with E-state index in [0.29, 0.717) is 5.92 Å². The summed E-state index contributed by atoms with van der Waals surface area (Å²) in [6, 6.07) is 10.5. The van der Waals surface area contributed by atoms with Crippen LogP contribution in [0.3, 0.4) is 0 Å². The van der Waals surface area contributed by atoms with Gasteiger partial charge >= 0.3 is 0 Å². The summed E-state index contributed by atoms with van der Waals surface area (Å²) in [5.41, 5.74) is 1.27. The largest absolute Gasteiger partial charge is 0.385 e. The van der Waals surface area contributed by atoms with E-state index in [1.165, 1.54) is 12.0 Å². The number of likely N-dealkylation sites (N-methyl/N-ethyl adjacent to an activating group) is 1. The van der Waals surface area contributed by atoms with E-state index < -0.39 is 0 Å². The van der Waals surface area contributed by atoms with E-state index in [-0.39, 0.29) is 6.10 Å². The van der Waals surface area contributed by atoms with Crippen molar-refractivity contribution in [1.82, 2.24) is 15.5 Å². The molecule has 1 fully saturated rings. The summed E-state index contributed by atoms with van der Waals surface area (Å²) in [4.78, 5) is 6.66. The summed E-state index contributed by atoms with van der Waals surface area (Å²) < 4.78 is 11.2. The molecule has 0 aliphatic carbocycles. The number of nitrogens with one attached hydrogen (secondary N) is 2. The monoisotopic (exact) mass is 376 g/mol. The van der Waals surface area contributed by atoms with E-state index in [9.17, 15) is 0 Å². The minimum absolute atomic E-state index is 0.164. The predicted octanol–water partition coefficient (Wildman–Crippen LogP) is 2.29. The quantitative estimate of drug-likeness (QED) is 0.373. The molecule has 1 aromatic carbocycles. The maximum Gasteiger partial charge on any atom is 0.191 e. The standard InChI is InChI=1S/C21H36N4O2/c1-22-21(23-12-14-25(2)13-8-15-26-3)24-17-19-11-7-16-27-20(19)18-9-5-4-6-10-18/h4-6,9-10,19-20H,7-8,11-17H2,1-3H3,(H2,22,23,24). The first-order valence-corrected chi connectivity index (χ1v) is 10.0. The number of nitrogens with zero attached hydrogens (tertiary/aromatic N) is 2. The molecule has 0 saturated carbocycles. The fraction of sp³-hybridized carbons (Fsp3) is 0.667. The van der Waals surface area contributed by atoms with Crippen LogP contribution in [0.25, 0.3) is 0 Å². The Balaban J connectivity index is 1.74. The number of hydrogen-bond acceptors (Lipinski definition) is 4. The van der Waals surface area contributed by atoms with Gasteiger partial charge in [-0.3, -0.25) is 4.99 Å². The van der Waals surface area contributed by atoms with Crippen LogP contribution in [0.1, 0.15) is 30.9 Å². The van der Waals surface area contributed by atoms with Gasteiger partial charge in [-0.1, -0.05) is 30.3 Å². The molecule has 27 heavy (non-hydrogen) atoms. The van der Waals surface area contributed by atoms with Gasteiger partial charge < -0.3 is 25.0 Å². The minimum Gasteiger partial charge on any atom is -0.385 e. The molecule has 1 saturated heterocycles.